The first-order valence-electron chi connectivity index (χ1n) is 7.10. The molecule has 2 rings (SSSR count). The SMILES string of the molecule is COC(=O)C1(Nc2ccccc2)CCOC(C(C)C)C1. The van der Waals surface area contributed by atoms with Crippen LogP contribution in [-0.4, -0.2) is 31.3 Å². The molecule has 1 heterocycles. The molecular formula is C16H23NO3. The van der Waals surface area contributed by atoms with Crippen LogP contribution < -0.4 is 5.32 Å². The number of carbonyl (C=O) groups excluding carboxylic acids is 1. The van der Waals surface area contributed by atoms with Crippen LogP contribution in [0, 0.1) is 5.92 Å². The Hall–Kier alpha value is -1.55. The van der Waals surface area contributed by atoms with Crippen LogP contribution in [-0.2, 0) is 14.3 Å². The molecular weight excluding hydrogens is 254 g/mol. The fourth-order valence-corrected chi connectivity index (χ4v) is 2.66. The predicted octanol–water partition coefficient (Wildman–Crippen LogP) is 2.85. The molecule has 2 atom stereocenters. The Morgan fingerprint density at radius 2 is 2.10 bits per heavy atom. The molecule has 20 heavy (non-hydrogen) atoms. The highest BCUT2D eigenvalue weighted by molar-refractivity contribution is 5.84. The number of para-hydroxylation sites is 1. The molecule has 1 N–H and O–H groups in total. The number of esters is 1. The number of rotatable bonds is 4. The van der Waals surface area contributed by atoms with Crippen molar-refractivity contribution < 1.29 is 14.3 Å². The standard InChI is InChI=1S/C16H23NO3/c1-12(2)14-11-16(9-10-20-14,15(18)19-3)17-13-7-5-4-6-8-13/h4-8,12,14,17H,9-11H2,1-3H3. The summed E-state index contributed by atoms with van der Waals surface area (Å²) in [7, 11) is 1.44. The molecule has 0 bridgehead atoms. The minimum Gasteiger partial charge on any atom is -0.467 e. The van der Waals surface area contributed by atoms with Crippen molar-refractivity contribution in [3.63, 3.8) is 0 Å². The molecule has 0 amide bonds. The Bertz CT molecular complexity index is 446. The summed E-state index contributed by atoms with van der Waals surface area (Å²) in [6, 6.07) is 9.78. The summed E-state index contributed by atoms with van der Waals surface area (Å²) in [6.45, 7) is 4.79. The summed E-state index contributed by atoms with van der Waals surface area (Å²) in [5.41, 5.74) is 0.242. The van der Waals surface area contributed by atoms with Crippen molar-refractivity contribution in [2.24, 2.45) is 5.92 Å². The van der Waals surface area contributed by atoms with E-state index in [1.54, 1.807) is 0 Å². The second-order valence-corrected chi connectivity index (χ2v) is 5.67. The molecule has 1 fully saturated rings. The molecule has 1 aromatic carbocycles. The van der Waals surface area contributed by atoms with Crippen LogP contribution in [0.25, 0.3) is 0 Å². The highest BCUT2D eigenvalue weighted by Gasteiger charge is 2.45. The molecule has 0 spiro atoms. The summed E-state index contributed by atoms with van der Waals surface area (Å²) in [4.78, 5) is 12.3. The fraction of sp³-hybridized carbons (Fsp3) is 0.562. The van der Waals surface area contributed by atoms with E-state index in [0.29, 0.717) is 25.4 Å². The summed E-state index contributed by atoms with van der Waals surface area (Å²) >= 11 is 0. The lowest BCUT2D eigenvalue weighted by atomic mass is 9.83. The summed E-state index contributed by atoms with van der Waals surface area (Å²) < 4.78 is 10.8. The first kappa shape index (κ1) is 14.9. The zero-order valence-electron chi connectivity index (χ0n) is 12.4. The first-order valence-corrected chi connectivity index (χ1v) is 7.10. The van der Waals surface area contributed by atoms with Gasteiger partial charge in [-0.05, 0) is 18.1 Å². The van der Waals surface area contributed by atoms with Gasteiger partial charge in [0.2, 0.25) is 0 Å². The summed E-state index contributed by atoms with van der Waals surface area (Å²) in [5.74, 6) is 0.159. The van der Waals surface area contributed by atoms with Crippen molar-refractivity contribution in [3.05, 3.63) is 30.3 Å². The second-order valence-electron chi connectivity index (χ2n) is 5.67. The Morgan fingerprint density at radius 3 is 2.70 bits per heavy atom. The van der Waals surface area contributed by atoms with Crippen LogP contribution in [0.4, 0.5) is 5.69 Å². The van der Waals surface area contributed by atoms with Gasteiger partial charge in [0.25, 0.3) is 0 Å². The van der Waals surface area contributed by atoms with Crippen molar-refractivity contribution in [1.29, 1.82) is 0 Å². The molecule has 4 heteroatoms. The molecule has 0 aliphatic carbocycles. The van der Waals surface area contributed by atoms with E-state index < -0.39 is 5.54 Å². The van der Waals surface area contributed by atoms with Gasteiger partial charge in [-0.25, -0.2) is 4.79 Å². The van der Waals surface area contributed by atoms with Gasteiger partial charge in [0.05, 0.1) is 13.2 Å². The van der Waals surface area contributed by atoms with Crippen molar-refractivity contribution in [2.75, 3.05) is 19.0 Å². The summed E-state index contributed by atoms with van der Waals surface area (Å²) in [5, 5.41) is 3.38. The van der Waals surface area contributed by atoms with E-state index in [-0.39, 0.29) is 12.1 Å². The number of hydrogen-bond donors (Lipinski definition) is 1. The largest absolute Gasteiger partial charge is 0.467 e. The van der Waals surface area contributed by atoms with Crippen molar-refractivity contribution in [3.8, 4) is 0 Å². The molecule has 0 saturated carbocycles. The lowest BCUT2D eigenvalue weighted by Crippen LogP contribution is -2.54. The zero-order valence-corrected chi connectivity index (χ0v) is 12.4. The van der Waals surface area contributed by atoms with E-state index >= 15 is 0 Å². The fourth-order valence-electron chi connectivity index (χ4n) is 2.66. The third-order valence-corrected chi connectivity index (χ3v) is 3.89. The third-order valence-electron chi connectivity index (χ3n) is 3.89. The van der Waals surface area contributed by atoms with Gasteiger partial charge < -0.3 is 14.8 Å². The van der Waals surface area contributed by atoms with Crippen molar-refractivity contribution in [1.82, 2.24) is 0 Å². The normalized spacial score (nSPS) is 26.3. The predicted molar refractivity (Wildman–Crippen MR) is 78.6 cm³/mol. The Morgan fingerprint density at radius 1 is 1.40 bits per heavy atom. The maximum absolute atomic E-state index is 12.3. The maximum Gasteiger partial charge on any atom is 0.331 e. The lowest BCUT2D eigenvalue weighted by Gasteiger charge is -2.41. The minimum absolute atomic E-state index is 0.0686. The minimum atomic E-state index is -0.691. The molecule has 0 aromatic heterocycles. The number of hydrogen-bond acceptors (Lipinski definition) is 4. The van der Waals surface area contributed by atoms with Gasteiger partial charge in [-0.1, -0.05) is 32.0 Å². The van der Waals surface area contributed by atoms with E-state index in [1.165, 1.54) is 7.11 Å². The van der Waals surface area contributed by atoms with Crippen LogP contribution in [0.3, 0.4) is 0 Å². The number of ether oxygens (including phenoxy) is 2. The van der Waals surface area contributed by atoms with Gasteiger partial charge in [-0.15, -0.1) is 0 Å². The number of anilines is 1. The zero-order chi connectivity index (χ0) is 14.6. The van der Waals surface area contributed by atoms with Crippen LogP contribution in [0.5, 0.6) is 0 Å². The molecule has 110 valence electrons. The topological polar surface area (TPSA) is 47.6 Å². The van der Waals surface area contributed by atoms with E-state index in [4.69, 9.17) is 9.47 Å². The highest BCUT2D eigenvalue weighted by atomic mass is 16.5. The van der Waals surface area contributed by atoms with Gasteiger partial charge in [-0.2, -0.15) is 0 Å². The molecule has 4 nitrogen and oxygen atoms in total. The van der Waals surface area contributed by atoms with E-state index in [9.17, 15) is 4.79 Å². The van der Waals surface area contributed by atoms with Crippen LogP contribution in [0.15, 0.2) is 30.3 Å². The Labute approximate surface area is 120 Å². The first-order chi connectivity index (χ1) is 9.57. The molecule has 1 aliphatic heterocycles. The van der Waals surface area contributed by atoms with Crippen molar-refractivity contribution in [2.45, 2.75) is 38.3 Å². The molecule has 2 unspecified atom stereocenters. The lowest BCUT2D eigenvalue weighted by molar-refractivity contribution is -0.152. The second kappa shape index (κ2) is 6.27. The van der Waals surface area contributed by atoms with E-state index in [0.717, 1.165) is 5.69 Å². The van der Waals surface area contributed by atoms with Gasteiger partial charge in [0.1, 0.15) is 5.54 Å². The van der Waals surface area contributed by atoms with Crippen LogP contribution >= 0.6 is 0 Å². The number of methoxy groups -OCH3 is 1. The van der Waals surface area contributed by atoms with Crippen LogP contribution in [0.2, 0.25) is 0 Å². The van der Waals surface area contributed by atoms with Crippen LogP contribution in [0.1, 0.15) is 26.7 Å². The average Bonchev–Trinajstić information content (AvgIpc) is 2.47. The van der Waals surface area contributed by atoms with E-state index in [1.807, 2.05) is 30.3 Å². The monoisotopic (exact) mass is 277 g/mol. The highest BCUT2D eigenvalue weighted by Crippen LogP contribution is 2.32. The Balaban J connectivity index is 2.24. The van der Waals surface area contributed by atoms with Gasteiger partial charge >= 0.3 is 5.97 Å². The third kappa shape index (κ3) is 3.12. The number of carbonyl (C=O) groups is 1. The Kier molecular flexibility index (Phi) is 4.65. The molecule has 1 aromatic rings. The number of nitrogens with one attached hydrogen (secondary N) is 1. The molecule has 0 radical (unpaired) electrons. The molecule has 1 saturated heterocycles. The molecule has 1 aliphatic rings. The quantitative estimate of drug-likeness (QED) is 0.860. The smallest absolute Gasteiger partial charge is 0.331 e. The van der Waals surface area contributed by atoms with Crippen molar-refractivity contribution >= 4 is 11.7 Å². The number of benzene rings is 1. The van der Waals surface area contributed by atoms with Gasteiger partial charge in [-0.3, -0.25) is 0 Å². The maximum atomic E-state index is 12.3. The van der Waals surface area contributed by atoms with Gasteiger partial charge in [0.15, 0.2) is 0 Å². The summed E-state index contributed by atoms with van der Waals surface area (Å²) in [6.07, 6.45) is 1.32. The average molecular weight is 277 g/mol. The van der Waals surface area contributed by atoms with Gasteiger partial charge in [0, 0.05) is 25.1 Å². The van der Waals surface area contributed by atoms with E-state index in [2.05, 4.69) is 19.2 Å².